The monoisotopic (exact) mass is 261 g/mol. The minimum atomic E-state index is -0.250. The molecular formula is C14H16FN3O. The van der Waals surface area contributed by atoms with Crippen molar-refractivity contribution in [1.29, 1.82) is 0 Å². The van der Waals surface area contributed by atoms with Gasteiger partial charge in [-0.2, -0.15) is 4.98 Å². The lowest BCUT2D eigenvalue weighted by Gasteiger charge is -2.08. The van der Waals surface area contributed by atoms with Crippen LogP contribution in [0.3, 0.4) is 0 Å². The molecule has 1 fully saturated rings. The van der Waals surface area contributed by atoms with Crippen LogP contribution < -0.4 is 5.32 Å². The maximum Gasteiger partial charge on any atom is 0.231 e. The molecule has 100 valence electrons. The van der Waals surface area contributed by atoms with E-state index in [0.29, 0.717) is 28.9 Å². The molecule has 1 aliphatic rings. The van der Waals surface area contributed by atoms with E-state index in [0.717, 1.165) is 13.0 Å². The molecule has 2 aromatic rings. The molecule has 2 atom stereocenters. The van der Waals surface area contributed by atoms with Gasteiger partial charge in [-0.1, -0.05) is 17.3 Å². The zero-order valence-electron chi connectivity index (χ0n) is 11.0. The number of benzene rings is 1. The molecular weight excluding hydrogens is 245 g/mol. The molecule has 0 saturated carbocycles. The predicted octanol–water partition coefficient (Wildman–Crippen LogP) is 2.65. The van der Waals surface area contributed by atoms with E-state index >= 15 is 0 Å². The van der Waals surface area contributed by atoms with Gasteiger partial charge in [-0.15, -0.1) is 0 Å². The van der Waals surface area contributed by atoms with Crippen molar-refractivity contribution in [2.24, 2.45) is 0 Å². The quantitative estimate of drug-likeness (QED) is 0.903. The molecule has 2 unspecified atom stereocenters. The van der Waals surface area contributed by atoms with Gasteiger partial charge in [0.25, 0.3) is 0 Å². The van der Waals surface area contributed by atoms with E-state index in [9.17, 15) is 4.39 Å². The summed E-state index contributed by atoms with van der Waals surface area (Å²) in [5, 5.41) is 7.30. The summed E-state index contributed by atoms with van der Waals surface area (Å²) in [5.74, 6) is 1.08. The Morgan fingerprint density at radius 3 is 2.95 bits per heavy atom. The third kappa shape index (κ3) is 2.26. The van der Waals surface area contributed by atoms with Crippen LogP contribution >= 0.6 is 0 Å². The standard InChI is InChI=1S/C14H16FN3O/c1-8-3-4-10(7-12(8)15)13-17-14(19-18-13)11-5-6-16-9(11)2/h3-4,7,9,11,16H,5-6H2,1-2H3. The highest BCUT2D eigenvalue weighted by atomic mass is 19.1. The Bertz CT molecular complexity index is 596. The number of nitrogens with one attached hydrogen (secondary N) is 1. The van der Waals surface area contributed by atoms with E-state index in [1.807, 2.05) is 6.07 Å². The van der Waals surface area contributed by atoms with Crippen LogP contribution in [0.2, 0.25) is 0 Å². The third-order valence-corrected chi connectivity index (χ3v) is 3.71. The van der Waals surface area contributed by atoms with Crippen molar-refractivity contribution in [2.75, 3.05) is 6.54 Å². The van der Waals surface area contributed by atoms with Gasteiger partial charge >= 0.3 is 0 Å². The smallest absolute Gasteiger partial charge is 0.231 e. The predicted molar refractivity (Wildman–Crippen MR) is 69.3 cm³/mol. The Hall–Kier alpha value is -1.75. The maximum atomic E-state index is 13.5. The fraction of sp³-hybridized carbons (Fsp3) is 0.429. The van der Waals surface area contributed by atoms with E-state index in [2.05, 4.69) is 22.4 Å². The second-order valence-electron chi connectivity index (χ2n) is 5.06. The van der Waals surface area contributed by atoms with Gasteiger partial charge in [-0.25, -0.2) is 4.39 Å². The largest absolute Gasteiger partial charge is 0.339 e. The van der Waals surface area contributed by atoms with Gasteiger partial charge in [0.05, 0.1) is 5.92 Å². The summed E-state index contributed by atoms with van der Waals surface area (Å²) in [5.41, 5.74) is 1.26. The average molecular weight is 261 g/mol. The minimum absolute atomic E-state index is 0.247. The molecule has 0 spiro atoms. The van der Waals surface area contributed by atoms with E-state index in [1.54, 1.807) is 13.0 Å². The highest BCUT2D eigenvalue weighted by Crippen LogP contribution is 2.28. The molecule has 1 saturated heterocycles. The molecule has 1 N–H and O–H groups in total. The van der Waals surface area contributed by atoms with Crippen molar-refractivity contribution < 1.29 is 8.91 Å². The lowest BCUT2D eigenvalue weighted by molar-refractivity contribution is 0.345. The van der Waals surface area contributed by atoms with Gasteiger partial charge in [0.2, 0.25) is 11.7 Å². The summed E-state index contributed by atoms with van der Waals surface area (Å²) in [6.07, 6.45) is 0.991. The van der Waals surface area contributed by atoms with Crippen molar-refractivity contribution in [1.82, 2.24) is 15.5 Å². The van der Waals surface area contributed by atoms with Crippen molar-refractivity contribution in [3.05, 3.63) is 35.5 Å². The molecule has 1 aliphatic heterocycles. The minimum Gasteiger partial charge on any atom is -0.339 e. The fourth-order valence-electron chi connectivity index (χ4n) is 2.43. The van der Waals surface area contributed by atoms with Crippen molar-refractivity contribution >= 4 is 0 Å². The van der Waals surface area contributed by atoms with Crippen LogP contribution in [-0.2, 0) is 0 Å². The van der Waals surface area contributed by atoms with Crippen LogP contribution in [0.4, 0.5) is 4.39 Å². The third-order valence-electron chi connectivity index (χ3n) is 3.71. The number of aryl methyl sites for hydroxylation is 1. The van der Waals surface area contributed by atoms with E-state index in [1.165, 1.54) is 6.07 Å². The molecule has 0 amide bonds. The Labute approximate surface area is 111 Å². The van der Waals surface area contributed by atoms with E-state index in [-0.39, 0.29) is 11.7 Å². The summed E-state index contributed by atoms with van der Waals surface area (Å²) in [4.78, 5) is 4.40. The first-order chi connectivity index (χ1) is 9.15. The molecule has 4 nitrogen and oxygen atoms in total. The first-order valence-electron chi connectivity index (χ1n) is 6.48. The number of nitrogens with zero attached hydrogens (tertiary/aromatic N) is 2. The summed E-state index contributed by atoms with van der Waals surface area (Å²) in [6.45, 7) is 4.79. The van der Waals surface area contributed by atoms with Crippen molar-refractivity contribution in [2.45, 2.75) is 32.2 Å². The SMILES string of the molecule is Cc1ccc(-c2noc(C3CCNC3C)n2)cc1F. The highest BCUT2D eigenvalue weighted by molar-refractivity contribution is 5.55. The van der Waals surface area contributed by atoms with Gasteiger partial charge in [0.15, 0.2) is 0 Å². The Morgan fingerprint density at radius 2 is 2.26 bits per heavy atom. The van der Waals surface area contributed by atoms with Crippen LogP contribution in [-0.4, -0.2) is 22.7 Å². The highest BCUT2D eigenvalue weighted by Gasteiger charge is 2.29. The Morgan fingerprint density at radius 1 is 1.42 bits per heavy atom. The number of hydrogen-bond donors (Lipinski definition) is 1. The molecule has 0 aliphatic carbocycles. The van der Waals surface area contributed by atoms with Crippen LogP contribution in [0.25, 0.3) is 11.4 Å². The van der Waals surface area contributed by atoms with Gasteiger partial charge in [-0.05, 0) is 38.4 Å². The molecule has 1 aromatic heterocycles. The van der Waals surface area contributed by atoms with E-state index in [4.69, 9.17) is 4.52 Å². The summed E-state index contributed by atoms with van der Waals surface area (Å²) in [6, 6.07) is 5.31. The second kappa shape index (κ2) is 4.74. The van der Waals surface area contributed by atoms with Crippen LogP contribution in [0.15, 0.2) is 22.7 Å². The zero-order chi connectivity index (χ0) is 13.4. The molecule has 3 rings (SSSR count). The second-order valence-corrected chi connectivity index (χ2v) is 5.06. The molecule has 0 radical (unpaired) electrons. The first kappa shape index (κ1) is 12.3. The Balaban J connectivity index is 1.90. The molecule has 19 heavy (non-hydrogen) atoms. The topological polar surface area (TPSA) is 51.0 Å². The van der Waals surface area contributed by atoms with Crippen molar-refractivity contribution in [3.8, 4) is 11.4 Å². The zero-order valence-corrected chi connectivity index (χ0v) is 11.0. The molecule has 0 bridgehead atoms. The summed E-state index contributed by atoms with van der Waals surface area (Å²) >= 11 is 0. The van der Waals surface area contributed by atoms with Gasteiger partial charge in [-0.3, -0.25) is 0 Å². The van der Waals surface area contributed by atoms with E-state index < -0.39 is 0 Å². The van der Waals surface area contributed by atoms with Crippen molar-refractivity contribution in [3.63, 3.8) is 0 Å². The molecule has 2 heterocycles. The average Bonchev–Trinajstić information content (AvgIpc) is 3.01. The molecule has 1 aromatic carbocycles. The normalized spacial score (nSPS) is 22.9. The van der Waals surface area contributed by atoms with Gasteiger partial charge < -0.3 is 9.84 Å². The van der Waals surface area contributed by atoms with Gasteiger partial charge in [0.1, 0.15) is 5.82 Å². The van der Waals surface area contributed by atoms with Crippen LogP contribution in [0.1, 0.15) is 30.7 Å². The lowest BCUT2D eigenvalue weighted by atomic mass is 10.0. The lowest BCUT2D eigenvalue weighted by Crippen LogP contribution is -2.21. The Kier molecular flexibility index (Phi) is 3.06. The number of halogens is 1. The first-order valence-corrected chi connectivity index (χ1v) is 6.48. The fourth-order valence-corrected chi connectivity index (χ4v) is 2.43. The summed E-state index contributed by atoms with van der Waals surface area (Å²) < 4.78 is 18.9. The number of rotatable bonds is 2. The molecule has 5 heteroatoms. The van der Waals surface area contributed by atoms with Gasteiger partial charge in [0, 0.05) is 11.6 Å². The van der Waals surface area contributed by atoms with Crippen LogP contribution in [0, 0.1) is 12.7 Å². The number of aromatic nitrogens is 2. The summed E-state index contributed by atoms with van der Waals surface area (Å²) in [7, 11) is 0. The number of hydrogen-bond acceptors (Lipinski definition) is 4. The van der Waals surface area contributed by atoms with Crippen LogP contribution in [0.5, 0.6) is 0 Å². The maximum absolute atomic E-state index is 13.5.